The molecule has 0 saturated heterocycles. The Hall–Kier alpha value is 0.799. The van der Waals surface area contributed by atoms with Crippen LogP contribution in [0, 0.1) is 5.94 Å². The summed E-state index contributed by atoms with van der Waals surface area (Å²) in [4.78, 5) is 0. The van der Waals surface area contributed by atoms with Crippen LogP contribution in [0.25, 0.3) is 0 Å². The maximum absolute atomic E-state index is 9.97. The van der Waals surface area contributed by atoms with Crippen LogP contribution in [0.3, 0.4) is 0 Å². The Kier molecular flexibility index (Phi) is 6.36. The largest absolute Gasteiger partial charge is 1.00 e. The van der Waals surface area contributed by atoms with Crippen LogP contribution in [0.2, 0.25) is 19.6 Å². The van der Waals surface area contributed by atoms with E-state index >= 15 is 0 Å². The van der Waals surface area contributed by atoms with Crippen molar-refractivity contribution in [2.24, 2.45) is 0 Å². The molecule has 0 aliphatic heterocycles. The summed E-state index contributed by atoms with van der Waals surface area (Å²) < 4.78 is 0. The van der Waals surface area contributed by atoms with E-state index in [1.54, 1.807) is 0 Å². The first-order valence-electron chi connectivity index (χ1n) is 2.59. The van der Waals surface area contributed by atoms with Crippen LogP contribution < -0.4 is 28.9 Å². The average Bonchev–Trinajstić information content (AvgIpc) is 1.21. The zero-order valence-electron chi connectivity index (χ0n) is 6.47. The molecule has 0 heterocycles. The third-order valence-corrected chi connectivity index (χ3v) is 1.91. The second-order valence-corrected chi connectivity index (χ2v) is 7.97. The Labute approximate surface area is 70.0 Å². The SMILES string of the molecule is C[Si](C)(C)[CH-]B([O-])[O-].[Li+]. The van der Waals surface area contributed by atoms with Gasteiger partial charge in [0, 0.05) is 0 Å². The molecule has 2 nitrogen and oxygen atoms in total. The van der Waals surface area contributed by atoms with Gasteiger partial charge in [0.15, 0.2) is 0 Å². The van der Waals surface area contributed by atoms with Crippen molar-refractivity contribution in [2.45, 2.75) is 19.6 Å². The number of hydrogen-bond donors (Lipinski definition) is 0. The van der Waals surface area contributed by atoms with Gasteiger partial charge in [-0.05, 0) is 0 Å². The molecular weight excluding hydrogens is 126 g/mol. The molecule has 0 aromatic carbocycles. The Bertz CT molecular complexity index is 73.5. The van der Waals surface area contributed by atoms with Crippen molar-refractivity contribution in [1.29, 1.82) is 0 Å². The molecule has 0 unspecified atom stereocenters. The van der Waals surface area contributed by atoms with Crippen molar-refractivity contribution in [3.63, 3.8) is 0 Å². The fourth-order valence-electron chi connectivity index (χ4n) is 0.408. The predicted octanol–water partition coefficient (Wildman–Crippen LogP) is -4.18. The van der Waals surface area contributed by atoms with Crippen molar-refractivity contribution in [1.82, 2.24) is 0 Å². The first-order chi connectivity index (χ1) is 3.42. The second-order valence-electron chi connectivity index (χ2n) is 2.90. The van der Waals surface area contributed by atoms with Crippen LogP contribution in [0.15, 0.2) is 0 Å². The second kappa shape index (κ2) is 4.59. The number of hydrogen-bond acceptors (Lipinski definition) is 2. The van der Waals surface area contributed by atoms with E-state index in [9.17, 15) is 10.0 Å². The first kappa shape index (κ1) is 12.5. The van der Waals surface area contributed by atoms with Crippen molar-refractivity contribution >= 4 is 15.2 Å². The van der Waals surface area contributed by atoms with Crippen molar-refractivity contribution in [3.8, 4) is 0 Å². The summed E-state index contributed by atoms with van der Waals surface area (Å²) in [7, 11) is -3.19. The molecule has 9 heavy (non-hydrogen) atoms. The molecule has 0 aromatic rings. The minimum Gasteiger partial charge on any atom is -0.915 e. The van der Waals surface area contributed by atoms with Gasteiger partial charge in [-0.15, -0.1) is 8.07 Å². The van der Waals surface area contributed by atoms with Crippen molar-refractivity contribution in [3.05, 3.63) is 5.94 Å². The molecule has 0 rings (SSSR count). The summed E-state index contributed by atoms with van der Waals surface area (Å²) in [6.45, 7) is 5.90. The predicted molar refractivity (Wildman–Crippen MR) is 33.4 cm³/mol. The van der Waals surface area contributed by atoms with E-state index in [2.05, 4.69) is 0 Å². The van der Waals surface area contributed by atoms with Crippen LogP contribution in [0.4, 0.5) is 0 Å². The standard InChI is InChI=1S/C4H10BO2Si.Li/c1-8(2,3)4-5(6)7;/h4H,1-3H3;/q-3;+1. The third-order valence-electron chi connectivity index (χ3n) is 0.636. The normalized spacial score (nSPS) is 10.3. The third kappa shape index (κ3) is 12.1. The van der Waals surface area contributed by atoms with Crippen molar-refractivity contribution < 1.29 is 28.9 Å². The molecule has 5 heteroatoms. The summed E-state index contributed by atoms with van der Waals surface area (Å²) in [6, 6.07) is 0. The van der Waals surface area contributed by atoms with Gasteiger partial charge >= 0.3 is 18.9 Å². The van der Waals surface area contributed by atoms with Gasteiger partial charge in [0.1, 0.15) is 0 Å². The Morgan fingerprint density at radius 3 is 1.56 bits per heavy atom. The molecule has 48 valence electrons. The van der Waals surface area contributed by atoms with Gasteiger partial charge in [0.2, 0.25) is 0 Å². The molecule has 0 atom stereocenters. The fourth-order valence-corrected chi connectivity index (χ4v) is 1.22. The van der Waals surface area contributed by atoms with Gasteiger partial charge in [0.05, 0.1) is 0 Å². The van der Waals surface area contributed by atoms with E-state index < -0.39 is 15.2 Å². The molecule has 0 saturated carbocycles. The van der Waals surface area contributed by atoms with Gasteiger partial charge in [-0.25, -0.2) is 0 Å². The maximum Gasteiger partial charge on any atom is 1.00 e. The van der Waals surface area contributed by atoms with Crippen LogP contribution in [-0.2, 0) is 0 Å². The minimum atomic E-state index is -1.72. The summed E-state index contributed by atoms with van der Waals surface area (Å²) in [6.07, 6.45) is 0. The molecule has 0 amide bonds. The molecule has 0 radical (unpaired) electrons. The molecule has 0 aromatic heterocycles. The Morgan fingerprint density at radius 1 is 1.22 bits per heavy atom. The molecule has 0 aliphatic rings. The van der Waals surface area contributed by atoms with Crippen LogP contribution in [0.5, 0.6) is 0 Å². The summed E-state index contributed by atoms with van der Waals surface area (Å²) >= 11 is 0. The van der Waals surface area contributed by atoms with Gasteiger partial charge in [0.25, 0.3) is 0 Å². The zero-order chi connectivity index (χ0) is 6.78. The first-order valence-corrected chi connectivity index (χ1v) is 6.17. The fraction of sp³-hybridized carbons (Fsp3) is 0.750. The summed E-state index contributed by atoms with van der Waals surface area (Å²) in [5, 5.41) is 19.9. The van der Waals surface area contributed by atoms with E-state index in [4.69, 9.17) is 0 Å². The Balaban J connectivity index is 0. The topological polar surface area (TPSA) is 46.1 Å². The monoisotopic (exact) mass is 136 g/mol. The molecule has 0 N–H and O–H groups in total. The summed E-state index contributed by atoms with van der Waals surface area (Å²) in [5.74, 6) is 1.38. The molecule has 0 spiro atoms. The van der Waals surface area contributed by atoms with E-state index in [1.165, 1.54) is 5.94 Å². The van der Waals surface area contributed by atoms with Crippen LogP contribution in [0.1, 0.15) is 0 Å². The smallest absolute Gasteiger partial charge is 0.915 e. The van der Waals surface area contributed by atoms with Crippen LogP contribution in [-0.4, -0.2) is 15.2 Å². The number of rotatable bonds is 2. The van der Waals surface area contributed by atoms with Crippen LogP contribution >= 0.6 is 0 Å². The van der Waals surface area contributed by atoms with Gasteiger partial charge in [-0.1, -0.05) is 19.6 Å². The van der Waals surface area contributed by atoms with E-state index in [1.807, 2.05) is 19.6 Å². The Morgan fingerprint density at radius 2 is 1.56 bits per heavy atom. The van der Waals surface area contributed by atoms with Gasteiger partial charge in [-0.3, -0.25) is 0 Å². The molecule has 0 aliphatic carbocycles. The molecule has 0 fully saturated rings. The zero-order valence-corrected chi connectivity index (χ0v) is 7.47. The quantitative estimate of drug-likeness (QED) is 0.285. The van der Waals surface area contributed by atoms with E-state index in [-0.39, 0.29) is 18.9 Å². The average molecular weight is 136 g/mol. The van der Waals surface area contributed by atoms with Gasteiger partial charge in [-0.2, -0.15) is 0 Å². The maximum atomic E-state index is 9.97. The molecular formula is C4H10BLiO2Si-2. The van der Waals surface area contributed by atoms with E-state index in [0.29, 0.717) is 0 Å². The molecule has 0 bridgehead atoms. The van der Waals surface area contributed by atoms with Gasteiger partial charge < -0.3 is 23.1 Å². The minimum absolute atomic E-state index is 0. The van der Waals surface area contributed by atoms with Crippen molar-refractivity contribution in [2.75, 3.05) is 0 Å². The van der Waals surface area contributed by atoms with E-state index in [0.717, 1.165) is 0 Å². The summed E-state index contributed by atoms with van der Waals surface area (Å²) in [5.41, 5.74) is 0.